The zero-order valence-corrected chi connectivity index (χ0v) is 21.0. The van der Waals surface area contributed by atoms with E-state index in [1.54, 1.807) is 12.1 Å². The molecule has 0 atom stereocenters. The zero-order chi connectivity index (χ0) is 26.1. The predicted molar refractivity (Wildman–Crippen MR) is 131 cm³/mol. The van der Waals surface area contributed by atoms with Crippen molar-refractivity contribution in [2.75, 3.05) is 40.2 Å². The van der Waals surface area contributed by atoms with E-state index < -0.39 is 5.91 Å². The molecule has 194 valence electrons. The number of methoxy groups -OCH3 is 3. The molecule has 14 nitrogen and oxygen atoms in total. The van der Waals surface area contributed by atoms with Crippen LogP contribution in [0.3, 0.4) is 0 Å². The van der Waals surface area contributed by atoms with Gasteiger partial charge in [-0.1, -0.05) is 19.1 Å². The molecule has 0 aliphatic rings. The number of carbonyl (C=O) groups is 1. The Bertz CT molecular complexity index is 1160. The molecule has 0 bridgehead atoms. The summed E-state index contributed by atoms with van der Waals surface area (Å²) in [6.45, 7) is 6.21. The van der Waals surface area contributed by atoms with Gasteiger partial charge in [-0.2, -0.15) is 9.78 Å². The molecular weight excluding hydrogens is 470 g/mol. The third kappa shape index (κ3) is 5.89. The summed E-state index contributed by atoms with van der Waals surface area (Å²) < 4.78 is 22.1. The highest BCUT2D eigenvalue weighted by atomic mass is 16.6. The second-order valence-electron chi connectivity index (χ2n) is 7.70. The second kappa shape index (κ2) is 12.5. The SMILES string of the molecule is CCCN(CCC)Cc1c(C(=O)N/N=C/c2cc(OC)c(OC)c(OC)c2)nnn1-c1nonc1N. The molecule has 0 saturated heterocycles. The van der Waals surface area contributed by atoms with Gasteiger partial charge in [-0.15, -0.1) is 5.10 Å². The third-order valence-corrected chi connectivity index (χ3v) is 5.19. The van der Waals surface area contributed by atoms with Crippen LogP contribution in [0.25, 0.3) is 5.82 Å². The summed E-state index contributed by atoms with van der Waals surface area (Å²) in [4.78, 5) is 15.2. The first-order chi connectivity index (χ1) is 17.5. The van der Waals surface area contributed by atoms with Crippen molar-refractivity contribution >= 4 is 17.9 Å². The lowest BCUT2D eigenvalue weighted by Gasteiger charge is -2.21. The molecule has 0 fully saturated rings. The van der Waals surface area contributed by atoms with Gasteiger partial charge in [-0.05, 0) is 48.4 Å². The van der Waals surface area contributed by atoms with E-state index in [0.717, 1.165) is 25.9 Å². The Morgan fingerprint density at radius 3 is 2.33 bits per heavy atom. The predicted octanol–water partition coefficient (Wildman–Crippen LogP) is 1.64. The summed E-state index contributed by atoms with van der Waals surface area (Å²) in [5.74, 6) is 1.01. The average molecular weight is 502 g/mol. The van der Waals surface area contributed by atoms with E-state index in [1.807, 2.05) is 0 Å². The maximum Gasteiger partial charge on any atom is 0.293 e. The third-order valence-electron chi connectivity index (χ3n) is 5.19. The number of ether oxygens (including phenoxy) is 3. The minimum atomic E-state index is -0.553. The fourth-order valence-electron chi connectivity index (χ4n) is 3.64. The number of hydrogen-bond donors (Lipinski definition) is 2. The van der Waals surface area contributed by atoms with E-state index in [0.29, 0.717) is 35.1 Å². The molecule has 2 heterocycles. The summed E-state index contributed by atoms with van der Waals surface area (Å²) >= 11 is 0. The Kier molecular flexibility index (Phi) is 9.16. The first-order valence-corrected chi connectivity index (χ1v) is 11.4. The minimum absolute atomic E-state index is 0.0334. The number of nitrogens with zero attached hydrogens (tertiary/aromatic N) is 7. The molecule has 0 spiro atoms. The number of nitrogen functional groups attached to an aromatic ring is 1. The van der Waals surface area contributed by atoms with Gasteiger partial charge in [0.25, 0.3) is 5.91 Å². The number of nitrogens with one attached hydrogen (secondary N) is 1. The topological polar surface area (TPSA) is 168 Å². The summed E-state index contributed by atoms with van der Waals surface area (Å²) in [6.07, 6.45) is 3.33. The summed E-state index contributed by atoms with van der Waals surface area (Å²) in [6, 6.07) is 3.40. The van der Waals surface area contributed by atoms with Crippen LogP contribution in [0.5, 0.6) is 17.2 Å². The molecule has 0 aliphatic heterocycles. The molecule has 1 aromatic carbocycles. The van der Waals surface area contributed by atoms with Gasteiger partial charge < -0.3 is 19.9 Å². The lowest BCUT2D eigenvalue weighted by Crippen LogP contribution is -2.28. The van der Waals surface area contributed by atoms with Gasteiger partial charge in [-0.3, -0.25) is 9.69 Å². The normalized spacial score (nSPS) is 11.3. The number of aromatic nitrogens is 5. The Morgan fingerprint density at radius 1 is 1.14 bits per heavy atom. The van der Waals surface area contributed by atoms with Gasteiger partial charge in [0.1, 0.15) is 0 Å². The van der Waals surface area contributed by atoms with E-state index in [2.05, 4.69) is 49.9 Å². The molecule has 2 aromatic heterocycles. The van der Waals surface area contributed by atoms with E-state index in [9.17, 15) is 4.79 Å². The molecule has 0 aliphatic carbocycles. The van der Waals surface area contributed by atoms with Crippen molar-refractivity contribution < 1.29 is 23.6 Å². The first-order valence-electron chi connectivity index (χ1n) is 11.4. The van der Waals surface area contributed by atoms with Crippen molar-refractivity contribution in [3.8, 4) is 23.1 Å². The fourth-order valence-corrected chi connectivity index (χ4v) is 3.64. The number of nitrogens with two attached hydrogens (primary N) is 1. The van der Waals surface area contributed by atoms with Crippen LogP contribution >= 0.6 is 0 Å². The number of carbonyl (C=O) groups excluding carboxylic acids is 1. The highest BCUT2D eigenvalue weighted by Gasteiger charge is 2.25. The van der Waals surface area contributed by atoms with Crippen molar-refractivity contribution in [1.82, 2.24) is 35.6 Å². The molecule has 1 amide bonds. The van der Waals surface area contributed by atoms with Crippen molar-refractivity contribution in [2.24, 2.45) is 5.10 Å². The van der Waals surface area contributed by atoms with Gasteiger partial charge in [0, 0.05) is 12.1 Å². The second-order valence-corrected chi connectivity index (χ2v) is 7.70. The monoisotopic (exact) mass is 501 g/mol. The molecule has 3 rings (SSSR count). The highest BCUT2D eigenvalue weighted by molar-refractivity contribution is 5.94. The van der Waals surface area contributed by atoms with Crippen molar-refractivity contribution in [1.29, 1.82) is 0 Å². The van der Waals surface area contributed by atoms with E-state index >= 15 is 0 Å². The van der Waals surface area contributed by atoms with Crippen LogP contribution in [-0.4, -0.2) is 76.7 Å². The number of hydrazone groups is 1. The maximum atomic E-state index is 13.0. The summed E-state index contributed by atoms with van der Waals surface area (Å²) in [7, 11) is 4.55. The average Bonchev–Trinajstić information content (AvgIpc) is 3.49. The number of benzene rings is 1. The molecule has 3 aromatic rings. The maximum absolute atomic E-state index is 13.0. The van der Waals surface area contributed by atoms with Crippen molar-refractivity contribution in [3.63, 3.8) is 0 Å². The largest absolute Gasteiger partial charge is 0.493 e. The van der Waals surface area contributed by atoms with Crippen LogP contribution < -0.4 is 25.4 Å². The van der Waals surface area contributed by atoms with Gasteiger partial charge in [0.15, 0.2) is 17.2 Å². The Labute approximate surface area is 208 Å². The number of amides is 1. The van der Waals surface area contributed by atoms with E-state index in [4.69, 9.17) is 24.6 Å². The number of rotatable bonds is 13. The van der Waals surface area contributed by atoms with Gasteiger partial charge in [-0.25, -0.2) is 10.1 Å². The quantitative estimate of drug-likeness (QED) is 0.258. The Balaban J connectivity index is 1.88. The molecule has 14 heteroatoms. The minimum Gasteiger partial charge on any atom is -0.493 e. The number of anilines is 1. The van der Waals surface area contributed by atoms with Crippen LogP contribution in [-0.2, 0) is 6.54 Å². The lowest BCUT2D eigenvalue weighted by molar-refractivity contribution is 0.0947. The molecule has 36 heavy (non-hydrogen) atoms. The van der Waals surface area contributed by atoms with Crippen LogP contribution in [0, 0.1) is 0 Å². The van der Waals surface area contributed by atoms with E-state index in [-0.39, 0.29) is 17.3 Å². The molecular formula is C22H31N9O5. The van der Waals surface area contributed by atoms with Crippen molar-refractivity contribution in [3.05, 3.63) is 29.1 Å². The first kappa shape index (κ1) is 26.4. The van der Waals surface area contributed by atoms with Crippen LogP contribution in [0.4, 0.5) is 5.82 Å². The van der Waals surface area contributed by atoms with Gasteiger partial charge in [0.2, 0.25) is 17.4 Å². The lowest BCUT2D eigenvalue weighted by atomic mass is 10.2. The van der Waals surface area contributed by atoms with Gasteiger partial charge in [0.05, 0.1) is 33.2 Å². The van der Waals surface area contributed by atoms with Crippen molar-refractivity contribution in [2.45, 2.75) is 33.2 Å². The van der Waals surface area contributed by atoms with Crippen LogP contribution in [0.15, 0.2) is 21.9 Å². The Morgan fingerprint density at radius 2 is 1.81 bits per heavy atom. The standard InChI is InChI=1S/C22H31N9O5/c1-6-8-30(9-7-2)13-15-18(25-29-31(15)21-20(23)27-36-28-21)22(32)26-24-12-14-10-16(33-3)19(35-5)17(11-14)34-4/h10-12H,6-9,13H2,1-5H3,(H2,23,27)(H,26,32)/b24-12+. The van der Waals surface area contributed by atoms with E-state index in [1.165, 1.54) is 32.2 Å². The van der Waals surface area contributed by atoms with Crippen LogP contribution in [0.1, 0.15) is 48.4 Å². The molecule has 3 N–H and O–H groups in total. The molecule has 0 radical (unpaired) electrons. The Hall–Kier alpha value is -4.20. The molecule has 0 saturated carbocycles. The zero-order valence-electron chi connectivity index (χ0n) is 21.0. The smallest absolute Gasteiger partial charge is 0.293 e. The molecule has 0 unspecified atom stereocenters. The summed E-state index contributed by atoms with van der Waals surface area (Å²) in [5, 5.41) is 19.6. The van der Waals surface area contributed by atoms with Crippen LogP contribution in [0.2, 0.25) is 0 Å². The fraction of sp³-hybridized carbons (Fsp3) is 0.455. The number of hydrogen-bond acceptors (Lipinski definition) is 12. The van der Waals surface area contributed by atoms with Gasteiger partial charge >= 0.3 is 0 Å². The summed E-state index contributed by atoms with van der Waals surface area (Å²) in [5.41, 5.74) is 9.54. The highest BCUT2D eigenvalue weighted by Crippen LogP contribution is 2.37.